The largest absolute Gasteiger partial charge is 0.507 e. The first-order valence-electron chi connectivity index (χ1n) is 18.2. The van der Waals surface area contributed by atoms with E-state index in [1.165, 1.54) is 36.4 Å². The molecule has 0 aliphatic rings. The summed E-state index contributed by atoms with van der Waals surface area (Å²) in [6, 6.07) is 13.0. The molecular weight excluding hydrogens is 1020 g/mol. The summed E-state index contributed by atoms with van der Waals surface area (Å²) in [6.07, 6.45) is 1.02. The molecule has 68 heavy (non-hydrogen) atoms. The zero-order chi connectivity index (χ0) is 47.1. The van der Waals surface area contributed by atoms with Crippen molar-refractivity contribution >= 4 is 203 Å². The van der Waals surface area contributed by atoms with E-state index in [-0.39, 0.29) is 154 Å². The minimum atomic E-state index is -5.19. The third-order valence-corrected chi connectivity index (χ3v) is 12.4. The monoisotopic (exact) mass is 1050 g/mol. The van der Waals surface area contributed by atoms with Gasteiger partial charge in [-0.1, -0.05) is 26.0 Å². The topological polar surface area (TPSA) is 366 Å². The molecule has 6 aromatic carbocycles. The molecule has 4 radical (unpaired) electrons. The summed E-state index contributed by atoms with van der Waals surface area (Å²) in [5.74, 6) is -3.66. The van der Waals surface area contributed by atoms with Gasteiger partial charge in [-0.2, -0.15) is 33.7 Å². The normalized spacial score (nSPS) is 12.0. The van der Waals surface area contributed by atoms with Gasteiger partial charge in [0.15, 0.2) is 11.5 Å². The molecular formula is C38H34N4Na4O18S4. The molecule has 0 fully saturated rings. The Morgan fingerprint density at radius 2 is 0.794 bits per heavy atom. The van der Waals surface area contributed by atoms with Crippen LogP contribution in [-0.4, -0.2) is 204 Å². The summed E-state index contributed by atoms with van der Waals surface area (Å²) in [4.78, 5) is -3.74. The number of nitrogens with zero attached hydrogens (tertiary/aromatic N) is 4. The van der Waals surface area contributed by atoms with Crippen molar-refractivity contribution < 1.29 is 81.8 Å². The van der Waals surface area contributed by atoms with E-state index >= 15 is 0 Å². The zero-order valence-electron chi connectivity index (χ0n) is 36.8. The van der Waals surface area contributed by atoms with E-state index < -0.39 is 116 Å². The number of benzene rings is 6. The average molecular weight is 1050 g/mol. The molecule has 6 rings (SSSR count). The fraction of sp³-hybridized carbons (Fsp3) is 0.158. The van der Waals surface area contributed by atoms with Gasteiger partial charge in [0.1, 0.15) is 55.5 Å². The zero-order valence-corrected chi connectivity index (χ0v) is 48.1. The molecule has 22 nitrogen and oxygen atoms in total. The molecule has 0 aromatic heterocycles. The standard InChI is InChI=1S/C38H34N4O18S4.4Na/c1-3-9-59-29-13-19(5-7-25(29)39-41-35-31(63(53,54)55)15-21-11-23(61(47,48)49)17-27(43)33(21)37(35)45)20-6-8-26(30(14-20)60-10-4-2)40-42-36-32(64(56,57)58)16-22-12-24(62(50,51)52)18-28(44)34(22)38(36)46;;;;/h5-8,11-18,43-46H,3-4,9-10H2,1-2H3,(H,47,48,49)(H,50,51,52)(H,53,54,55)(H,56,57,58);;;;. The van der Waals surface area contributed by atoms with Gasteiger partial charge in [0.05, 0.1) is 33.8 Å². The second-order valence-corrected chi connectivity index (χ2v) is 19.2. The van der Waals surface area contributed by atoms with Gasteiger partial charge >= 0.3 is 0 Å². The Balaban J connectivity index is 0.00000397. The van der Waals surface area contributed by atoms with Crippen LogP contribution in [0.1, 0.15) is 26.7 Å². The van der Waals surface area contributed by atoms with Crippen molar-refractivity contribution in [3.63, 3.8) is 0 Å². The summed E-state index contributed by atoms with van der Waals surface area (Å²) in [5.41, 5.74) is -0.823. The molecule has 30 heteroatoms. The van der Waals surface area contributed by atoms with Gasteiger partial charge in [0, 0.05) is 130 Å². The summed E-state index contributed by atoms with van der Waals surface area (Å²) >= 11 is 0. The van der Waals surface area contributed by atoms with Crippen LogP contribution in [0.3, 0.4) is 0 Å². The first kappa shape index (κ1) is 61.6. The predicted molar refractivity (Wildman–Crippen MR) is 249 cm³/mol. The van der Waals surface area contributed by atoms with Gasteiger partial charge in [-0.15, -0.1) is 20.5 Å². The summed E-state index contributed by atoms with van der Waals surface area (Å²) < 4.78 is 147. The van der Waals surface area contributed by atoms with Gasteiger partial charge in [-0.3, -0.25) is 18.2 Å². The third-order valence-electron chi connectivity index (χ3n) is 9.05. The number of fused-ring (bicyclic) bond motifs is 2. The van der Waals surface area contributed by atoms with E-state index in [9.17, 15) is 72.3 Å². The van der Waals surface area contributed by atoms with Gasteiger partial charge in [-0.05, 0) is 83.3 Å². The number of phenolic OH excluding ortho intramolecular Hbond substituents is 4. The molecule has 0 heterocycles. The van der Waals surface area contributed by atoms with Crippen LogP contribution in [-0.2, 0) is 40.5 Å². The number of aromatic hydroxyl groups is 4. The number of hydrogen-bond acceptors (Lipinski definition) is 18. The Kier molecular flexibility index (Phi) is 22.0. The van der Waals surface area contributed by atoms with Crippen LogP contribution >= 0.6 is 0 Å². The first-order chi connectivity index (χ1) is 29.8. The summed E-state index contributed by atoms with van der Waals surface area (Å²) in [7, 11) is -20.2. The third kappa shape index (κ3) is 13.9. The Morgan fingerprint density at radius 3 is 1.09 bits per heavy atom. The van der Waals surface area contributed by atoms with Gasteiger partial charge in [0.25, 0.3) is 40.5 Å². The van der Waals surface area contributed by atoms with Gasteiger partial charge in [0.2, 0.25) is 0 Å². The van der Waals surface area contributed by atoms with E-state index in [0.29, 0.717) is 48.2 Å². The molecule has 0 saturated heterocycles. The second-order valence-electron chi connectivity index (χ2n) is 13.6. The molecule has 0 amide bonds. The van der Waals surface area contributed by atoms with Crippen LogP contribution in [0.2, 0.25) is 0 Å². The number of hydrogen-bond donors (Lipinski definition) is 8. The van der Waals surface area contributed by atoms with E-state index in [1.54, 1.807) is 13.8 Å². The van der Waals surface area contributed by atoms with Crippen molar-refractivity contribution in [3.05, 3.63) is 72.8 Å². The van der Waals surface area contributed by atoms with E-state index in [0.717, 1.165) is 12.1 Å². The number of azo groups is 2. The van der Waals surface area contributed by atoms with Crippen molar-refractivity contribution in [2.75, 3.05) is 13.2 Å². The molecule has 0 aliphatic heterocycles. The Morgan fingerprint density at radius 1 is 0.456 bits per heavy atom. The number of phenols is 4. The van der Waals surface area contributed by atoms with Gasteiger partial charge in [-0.25, -0.2) is 0 Å². The smallest absolute Gasteiger partial charge is 0.296 e. The Hall–Kier alpha value is -2.52. The fourth-order valence-electron chi connectivity index (χ4n) is 6.18. The molecule has 0 spiro atoms. The summed E-state index contributed by atoms with van der Waals surface area (Å²) in [5, 5.41) is 57.2. The molecule has 342 valence electrons. The molecule has 0 unspecified atom stereocenters. The predicted octanol–water partition coefficient (Wildman–Crippen LogP) is 6.35. The van der Waals surface area contributed by atoms with Gasteiger partial charge < -0.3 is 29.9 Å². The quantitative estimate of drug-likeness (QED) is 0.0315. The fourth-order valence-corrected chi connectivity index (χ4v) is 8.57. The van der Waals surface area contributed by atoms with E-state index in [1.807, 2.05) is 0 Å². The van der Waals surface area contributed by atoms with Crippen LogP contribution < -0.4 is 9.47 Å². The maximum Gasteiger partial charge on any atom is 0.296 e. The Bertz CT molecular complexity index is 3210. The first-order valence-corrected chi connectivity index (χ1v) is 23.9. The molecule has 0 saturated carbocycles. The van der Waals surface area contributed by atoms with E-state index in [2.05, 4.69) is 20.5 Å². The SMILES string of the molecule is CCCOc1cc(-c2ccc(N=Nc3c(S(=O)(=O)O)cc4cc(S(=O)(=O)O)cc(O)c4c3O)c(OCCC)c2)ccc1N=Nc1c(S(=O)(=O)O)cc2cc(S(=O)(=O)O)cc(O)c2c1O.[Na].[Na].[Na].[Na]. The molecule has 6 aromatic rings. The van der Waals surface area contributed by atoms with Crippen molar-refractivity contribution in [1.29, 1.82) is 0 Å². The number of rotatable bonds is 15. The number of ether oxygens (including phenoxy) is 2. The summed E-state index contributed by atoms with van der Waals surface area (Å²) in [6.45, 7) is 3.90. The van der Waals surface area contributed by atoms with Crippen LogP contribution in [0, 0.1) is 0 Å². The molecule has 0 atom stereocenters. The van der Waals surface area contributed by atoms with E-state index in [4.69, 9.17) is 9.47 Å². The second kappa shape index (κ2) is 24.3. The minimum absolute atomic E-state index is 0. The van der Waals surface area contributed by atoms with Crippen molar-refractivity contribution in [3.8, 4) is 45.6 Å². The molecule has 8 N–H and O–H groups in total. The van der Waals surface area contributed by atoms with Crippen LogP contribution in [0.25, 0.3) is 32.7 Å². The van der Waals surface area contributed by atoms with Crippen molar-refractivity contribution in [2.45, 2.75) is 46.3 Å². The van der Waals surface area contributed by atoms with Crippen molar-refractivity contribution in [2.24, 2.45) is 20.5 Å². The maximum absolute atomic E-state index is 12.4. The molecule has 0 aliphatic carbocycles. The Labute approximate surface area is 477 Å². The minimum Gasteiger partial charge on any atom is -0.507 e. The molecule has 0 bridgehead atoms. The van der Waals surface area contributed by atoms with Crippen molar-refractivity contribution in [1.82, 2.24) is 0 Å². The van der Waals surface area contributed by atoms with Crippen LogP contribution in [0.15, 0.2) is 113 Å². The maximum atomic E-state index is 12.4. The van der Waals surface area contributed by atoms with Crippen LogP contribution in [0.4, 0.5) is 22.7 Å². The van der Waals surface area contributed by atoms with Crippen LogP contribution in [0.5, 0.6) is 34.5 Å². The average Bonchev–Trinajstić information content (AvgIpc) is 3.19.